The maximum atomic E-state index is 15.2. The van der Waals surface area contributed by atoms with E-state index in [0.717, 1.165) is 59.0 Å². The lowest BCUT2D eigenvalue weighted by atomic mass is 9.90. The minimum Gasteiger partial charge on any atom is -0.508 e. The quantitative estimate of drug-likeness (QED) is 0.336. The van der Waals surface area contributed by atoms with Gasteiger partial charge in [0.2, 0.25) is 11.8 Å². The van der Waals surface area contributed by atoms with E-state index in [2.05, 4.69) is 9.88 Å². The first-order valence-electron chi connectivity index (χ1n) is 12.6. The molecule has 3 heterocycles. The van der Waals surface area contributed by atoms with Crippen LogP contribution in [-0.2, 0) is 0 Å². The Morgan fingerprint density at radius 3 is 2.68 bits per heavy atom. The number of aromatic hydroxyl groups is 1. The number of benzene rings is 2. The molecule has 194 valence electrons. The fourth-order valence-electron chi connectivity index (χ4n) is 4.91. The Bertz CT molecular complexity index is 1280. The number of phenolic OH excluding ortho intramolecular Hbond substituents is 1. The predicted molar refractivity (Wildman–Crippen MR) is 143 cm³/mol. The molecule has 2 aliphatic rings. The smallest absolute Gasteiger partial charge is 0.223 e. The number of hydrogen-bond donors (Lipinski definition) is 1. The fourth-order valence-corrected chi connectivity index (χ4v) is 6.04. The van der Waals surface area contributed by atoms with Crippen molar-refractivity contribution in [3.8, 4) is 17.4 Å². The number of likely N-dealkylation sites (tertiary alicyclic amines) is 1. The fraction of sp³-hybridized carbons (Fsp3) is 0.345. The summed E-state index contributed by atoms with van der Waals surface area (Å²) in [5, 5.41) is 10.0. The Morgan fingerprint density at radius 1 is 1.11 bits per heavy atom. The Kier molecular flexibility index (Phi) is 7.96. The summed E-state index contributed by atoms with van der Waals surface area (Å²) in [6, 6.07) is 16.6. The van der Waals surface area contributed by atoms with Crippen molar-refractivity contribution in [3.63, 3.8) is 0 Å². The van der Waals surface area contributed by atoms with Crippen molar-refractivity contribution in [3.05, 3.63) is 77.2 Å². The standard InChI is InChI=1S/C29H30F2N2O3S/c1-2-35-27-11-10-23(29(31)32-27)25-18-37-26-16-20(34)6-9-24(26)28(25)19-4-7-21(8-5-19)36-22-12-15-33(17-22)14-3-13-30/h4-11,16,22,34H,2-3,12-15,17-18H2,1H3/t22-/m0/s1. The highest BCUT2D eigenvalue weighted by Crippen LogP contribution is 2.46. The average molecular weight is 525 g/mol. The molecule has 37 heavy (non-hydrogen) atoms. The number of thioether (sulfide) groups is 1. The van der Waals surface area contributed by atoms with Crippen LogP contribution in [0, 0.1) is 5.95 Å². The van der Waals surface area contributed by atoms with Crippen LogP contribution in [0.15, 0.2) is 59.5 Å². The van der Waals surface area contributed by atoms with Gasteiger partial charge in [0.1, 0.15) is 17.6 Å². The van der Waals surface area contributed by atoms with E-state index in [1.807, 2.05) is 37.3 Å². The third kappa shape index (κ3) is 5.75. The van der Waals surface area contributed by atoms with Crippen LogP contribution >= 0.6 is 11.8 Å². The molecule has 5 rings (SSSR count). The second-order valence-corrected chi connectivity index (χ2v) is 10.2. The molecule has 0 aliphatic carbocycles. The number of phenols is 1. The van der Waals surface area contributed by atoms with Crippen molar-refractivity contribution >= 4 is 22.9 Å². The number of hydrogen-bond acceptors (Lipinski definition) is 6. The topological polar surface area (TPSA) is 54.8 Å². The molecule has 0 saturated carbocycles. The highest BCUT2D eigenvalue weighted by molar-refractivity contribution is 7.99. The Morgan fingerprint density at radius 2 is 1.92 bits per heavy atom. The third-order valence-corrected chi connectivity index (χ3v) is 7.71. The molecular weight excluding hydrogens is 494 g/mol. The van der Waals surface area contributed by atoms with Crippen molar-refractivity contribution < 1.29 is 23.4 Å². The monoisotopic (exact) mass is 524 g/mol. The molecule has 1 aromatic heterocycles. The lowest BCUT2D eigenvalue weighted by Crippen LogP contribution is -2.26. The van der Waals surface area contributed by atoms with Gasteiger partial charge < -0.3 is 14.6 Å². The molecule has 0 spiro atoms. The largest absolute Gasteiger partial charge is 0.508 e. The average Bonchev–Trinajstić information content (AvgIpc) is 3.35. The minimum absolute atomic E-state index is 0.0824. The van der Waals surface area contributed by atoms with Gasteiger partial charge in [-0.2, -0.15) is 9.37 Å². The van der Waals surface area contributed by atoms with E-state index in [1.165, 1.54) is 0 Å². The SMILES string of the molecule is CCOc1ccc(C2=C(c3ccc(O[C@H]4CCN(CCCF)C4)cc3)c3ccc(O)cc3SC2)c(F)n1. The molecule has 3 aromatic rings. The number of fused-ring (bicyclic) bond motifs is 1. The number of pyridine rings is 1. The number of alkyl halides is 1. The summed E-state index contributed by atoms with van der Waals surface area (Å²) >= 11 is 1.56. The van der Waals surface area contributed by atoms with Gasteiger partial charge in [0.25, 0.3) is 0 Å². The molecule has 0 unspecified atom stereocenters. The Balaban J connectivity index is 1.46. The summed E-state index contributed by atoms with van der Waals surface area (Å²) in [4.78, 5) is 7.19. The van der Waals surface area contributed by atoms with Gasteiger partial charge in [-0.15, -0.1) is 11.8 Å². The number of ether oxygens (including phenoxy) is 2. The van der Waals surface area contributed by atoms with Crippen LogP contribution < -0.4 is 9.47 Å². The van der Waals surface area contributed by atoms with Gasteiger partial charge in [-0.1, -0.05) is 12.1 Å². The molecule has 2 aromatic carbocycles. The number of halogens is 2. The summed E-state index contributed by atoms with van der Waals surface area (Å²) < 4.78 is 39.2. The first kappa shape index (κ1) is 25.5. The number of rotatable bonds is 9. The lowest BCUT2D eigenvalue weighted by Gasteiger charge is -2.24. The molecule has 0 radical (unpaired) electrons. The molecule has 1 fully saturated rings. The van der Waals surface area contributed by atoms with E-state index in [1.54, 1.807) is 36.0 Å². The van der Waals surface area contributed by atoms with Crippen LogP contribution in [0.4, 0.5) is 8.78 Å². The van der Waals surface area contributed by atoms with Gasteiger partial charge in [-0.3, -0.25) is 9.29 Å². The molecule has 1 N–H and O–H groups in total. The summed E-state index contributed by atoms with van der Waals surface area (Å²) in [7, 11) is 0. The molecule has 2 aliphatic heterocycles. The van der Waals surface area contributed by atoms with E-state index in [-0.39, 0.29) is 24.4 Å². The molecule has 8 heteroatoms. The zero-order valence-electron chi connectivity index (χ0n) is 20.8. The first-order chi connectivity index (χ1) is 18.1. The molecule has 5 nitrogen and oxygen atoms in total. The van der Waals surface area contributed by atoms with E-state index >= 15 is 4.39 Å². The maximum absolute atomic E-state index is 15.2. The van der Waals surface area contributed by atoms with Gasteiger partial charge in [-0.05, 0) is 78.4 Å². The van der Waals surface area contributed by atoms with Gasteiger partial charge in [0.15, 0.2) is 0 Å². The molecular formula is C29H30F2N2O3S. The molecule has 0 bridgehead atoms. The van der Waals surface area contributed by atoms with E-state index in [4.69, 9.17) is 9.47 Å². The van der Waals surface area contributed by atoms with E-state index in [0.29, 0.717) is 24.3 Å². The van der Waals surface area contributed by atoms with Crippen LogP contribution in [-0.4, -0.2) is 59.8 Å². The van der Waals surface area contributed by atoms with Gasteiger partial charge in [0, 0.05) is 41.9 Å². The normalized spacial score (nSPS) is 17.6. The molecule has 1 atom stereocenters. The second-order valence-electron chi connectivity index (χ2n) is 9.14. The predicted octanol–water partition coefficient (Wildman–Crippen LogP) is 6.20. The Hall–Kier alpha value is -3.10. The summed E-state index contributed by atoms with van der Waals surface area (Å²) in [5.74, 6) is 1.20. The second kappa shape index (κ2) is 11.5. The molecule has 0 amide bonds. The summed E-state index contributed by atoms with van der Waals surface area (Å²) in [6.07, 6.45) is 1.56. The lowest BCUT2D eigenvalue weighted by molar-refractivity contribution is 0.198. The zero-order chi connectivity index (χ0) is 25.8. The highest BCUT2D eigenvalue weighted by Gasteiger charge is 2.26. The van der Waals surface area contributed by atoms with Gasteiger partial charge in [-0.25, -0.2) is 0 Å². The van der Waals surface area contributed by atoms with Crippen LogP contribution in [0.1, 0.15) is 36.5 Å². The minimum atomic E-state index is -0.570. The highest BCUT2D eigenvalue weighted by atomic mass is 32.2. The van der Waals surface area contributed by atoms with E-state index in [9.17, 15) is 9.50 Å². The molecule has 1 saturated heterocycles. The number of aromatic nitrogens is 1. The van der Waals surface area contributed by atoms with Crippen LogP contribution in [0.3, 0.4) is 0 Å². The maximum Gasteiger partial charge on any atom is 0.223 e. The summed E-state index contributed by atoms with van der Waals surface area (Å²) in [5.41, 5.74) is 4.04. The third-order valence-electron chi connectivity index (χ3n) is 6.63. The van der Waals surface area contributed by atoms with E-state index < -0.39 is 5.95 Å². The van der Waals surface area contributed by atoms with Crippen LogP contribution in [0.25, 0.3) is 11.1 Å². The van der Waals surface area contributed by atoms with Crippen molar-refractivity contribution in [2.24, 2.45) is 0 Å². The Labute approximate surface area is 220 Å². The number of nitrogens with zero attached hydrogens (tertiary/aromatic N) is 2. The van der Waals surface area contributed by atoms with Gasteiger partial charge in [0.05, 0.1) is 13.3 Å². The summed E-state index contributed by atoms with van der Waals surface area (Å²) in [6.45, 7) is 4.44. The van der Waals surface area contributed by atoms with Crippen molar-refractivity contribution in [1.82, 2.24) is 9.88 Å². The van der Waals surface area contributed by atoms with Gasteiger partial charge >= 0.3 is 0 Å². The van der Waals surface area contributed by atoms with Crippen molar-refractivity contribution in [2.75, 3.05) is 38.7 Å². The van der Waals surface area contributed by atoms with Crippen LogP contribution in [0.2, 0.25) is 0 Å². The van der Waals surface area contributed by atoms with Crippen molar-refractivity contribution in [1.29, 1.82) is 0 Å². The van der Waals surface area contributed by atoms with Crippen LogP contribution in [0.5, 0.6) is 17.4 Å². The first-order valence-corrected chi connectivity index (χ1v) is 13.6. The zero-order valence-corrected chi connectivity index (χ0v) is 21.6. The van der Waals surface area contributed by atoms with Crippen molar-refractivity contribution in [2.45, 2.75) is 30.8 Å².